The largest absolute Gasteiger partial charge is 0.497 e. The van der Waals surface area contributed by atoms with E-state index in [1.165, 1.54) is 26.2 Å². The number of para-hydroxylation sites is 1. The lowest BCUT2D eigenvalue weighted by Crippen LogP contribution is -2.46. The van der Waals surface area contributed by atoms with Crippen LogP contribution < -0.4 is 29.2 Å². The first-order valence-corrected chi connectivity index (χ1v) is 14.3. The molecule has 11 nitrogen and oxygen atoms in total. The van der Waals surface area contributed by atoms with Crippen LogP contribution in [0.5, 0.6) is 23.0 Å². The predicted molar refractivity (Wildman–Crippen MR) is 171 cm³/mol. The minimum Gasteiger partial charge on any atom is -0.497 e. The molecule has 0 spiro atoms. The molecule has 0 fully saturated rings. The van der Waals surface area contributed by atoms with Crippen LogP contribution in [0.1, 0.15) is 27.5 Å². The van der Waals surface area contributed by atoms with Crippen LogP contribution in [-0.2, 0) is 20.9 Å². The highest BCUT2D eigenvalue weighted by molar-refractivity contribution is 6.52. The molecule has 1 heterocycles. The van der Waals surface area contributed by atoms with Crippen LogP contribution in [0.25, 0.3) is 0 Å². The standard InChI is InChI=1S/C35H33N3O8/c1-43-24-14-12-22(13-15-24)20-38(31(39)21-37-29-11-6-5-10-27(29)33(40)35(37)42)32(23-8-7-9-25(18-23)44-2)34(41)36-28-17-16-26(45-3)19-30(28)46-4/h5-19,32H,20-21H2,1-4H3,(H,36,41). The van der Waals surface area contributed by atoms with E-state index in [0.717, 1.165) is 4.90 Å². The Kier molecular flexibility index (Phi) is 9.51. The molecule has 1 atom stereocenters. The van der Waals surface area contributed by atoms with Crippen molar-refractivity contribution in [3.8, 4) is 23.0 Å². The van der Waals surface area contributed by atoms with E-state index < -0.39 is 36.1 Å². The molecule has 1 unspecified atom stereocenters. The average molecular weight is 624 g/mol. The summed E-state index contributed by atoms with van der Waals surface area (Å²) in [5.74, 6) is -0.663. The third-order valence-electron chi connectivity index (χ3n) is 7.64. The number of ether oxygens (including phenoxy) is 4. The number of nitrogens with one attached hydrogen (secondary N) is 1. The van der Waals surface area contributed by atoms with E-state index in [2.05, 4.69) is 5.32 Å². The number of nitrogens with zero attached hydrogens (tertiary/aromatic N) is 2. The number of benzene rings is 4. The Morgan fingerprint density at radius 2 is 1.43 bits per heavy atom. The Hall–Kier alpha value is -5.84. The fourth-order valence-corrected chi connectivity index (χ4v) is 5.27. The molecule has 1 N–H and O–H groups in total. The molecule has 46 heavy (non-hydrogen) atoms. The van der Waals surface area contributed by atoms with Crippen molar-refractivity contribution in [1.29, 1.82) is 0 Å². The maximum atomic E-state index is 14.4. The number of fused-ring (bicyclic) bond motifs is 1. The van der Waals surface area contributed by atoms with Gasteiger partial charge in [-0.05, 0) is 59.7 Å². The number of ketones is 1. The van der Waals surface area contributed by atoms with Crippen LogP contribution in [0.2, 0.25) is 0 Å². The lowest BCUT2D eigenvalue weighted by Gasteiger charge is -2.33. The van der Waals surface area contributed by atoms with Crippen molar-refractivity contribution in [3.63, 3.8) is 0 Å². The van der Waals surface area contributed by atoms with Crippen molar-refractivity contribution in [3.05, 3.63) is 108 Å². The highest BCUT2D eigenvalue weighted by Crippen LogP contribution is 2.34. The van der Waals surface area contributed by atoms with Gasteiger partial charge in [0.05, 0.1) is 45.4 Å². The van der Waals surface area contributed by atoms with E-state index in [1.807, 2.05) is 0 Å². The van der Waals surface area contributed by atoms with Gasteiger partial charge < -0.3 is 29.2 Å². The third kappa shape index (κ3) is 6.48. The first kappa shape index (κ1) is 31.6. The highest BCUT2D eigenvalue weighted by atomic mass is 16.5. The summed E-state index contributed by atoms with van der Waals surface area (Å²) < 4.78 is 21.5. The van der Waals surface area contributed by atoms with Gasteiger partial charge in [-0.3, -0.25) is 24.1 Å². The van der Waals surface area contributed by atoms with E-state index in [0.29, 0.717) is 45.5 Å². The second-order valence-corrected chi connectivity index (χ2v) is 10.3. The van der Waals surface area contributed by atoms with Crippen LogP contribution in [0.3, 0.4) is 0 Å². The second kappa shape index (κ2) is 13.9. The quantitative estimate of drug-likeness (QED) is 0.226. The molecule has 3 amide bonds. The van der Waals surface area contributed by atoms with Gasteiger partial charge in [0, 0.05) is 12.6 Å². The van der Waals surface area contributed by atoms with Gasteiger partial charge in [0.15, 0.2) is 0 Å². The molecule has 0 saturated heterocycles. The van der Waals surface area contributed by atoms with Gasteiger partial charge in [0.1, 0.15) is 35.6 Å². The van der Waals surface area contributed by atoms with E-state index in [1.54, 1.807) is 98.1 Å². The molecule has 0 radical (unpaired) electrons. The van der Waals surface area contributed by atoms with Crippen molar-refractivity contribution >= 4 is 34.9 Å². The molecule has 4 aromatic rings. The van der Waals surface area contributed by atoms with Crippen molar-refractivity contribution in [1.82, 2.24) is 4.90 Å². The summed E-state index contributed by atoms with van der Waals surface area (Å²) in [5.41, 5.74) is 2.06. The lowest BCUT2D eigenvalue weighted by atomic mass is 10.0. The van der Waals surface area contributed by atoms with Crippen LogP contribution in [0, 0.1) is 0 Å². The van der Waals surface area contributed by atoms with Gasteiger partial charge in [0.25, 0.3) is 17.6 Å². The van der Waals surface area contributed by atoms with Gasteiger partial charge in [-0.25, -0.2) is 0 Å². The Morgan fingerprint density at radius 1 is 0.761 bits per heavy atom. The van der Waals surface area contributed by atoms with Gasteiger partial charge in [-0.15, -0.1) is 0 Å². The lowest BCUT2D eigenvalue weighted by molar-refractivity contribution is -0.139. The molecule has 0 bridgehead atoms. The molecule has 1 aliphatic rings. The normalized spacial score (nSPS) is 12.7. The highest BCUT2D eigenvalue weighted by Gasteiger charge is 2.39. The van der Waals surface area contributed by atoms with Crippen molar-refractivity contribution in [2.24, 2.45) is 0 Å². The zero-order valence-electron chi connectivity index (χ0n) is 25.8. The SMILES string of the molecule is COc1ccc(CN(C(=O)CN2C(=O)C(=O)c3ccccc32)C(C(=O)Nc2ccc(OC)cc2OC)c2cccc(OC)c2)cc1. The maximum Gasteiger partial charge on any atom is 0.299 e. The van der Waals surface area contributed by atoms with Gasteiger partial charge in [0.2, 0.25) is 5.91 Å². The number of Topliss-reactive ketones (excluding diaryl/α,β-unsaturated/α-hetero) is 1. The fraction of sp³-hybridized carbons (Fsp3) is 0.200. The van der Waals surface area contributed by atoms with Crippen LogP contribution in [-0.4, -0.2) is 63.4 Å². The van der Waals surface area contributed by atoms with Crippen molar-refractivity contribution < 1.29 is 38.1 Å². The monoisotopic (exact) mass is 623 g/mol. The molecule has 5 rings (SSSR count). The summed E-state index contributed by atoms with van der Waals surface area (Å²) in [6.07, 6.45) is 0. The summed E-state index contributed by atoms with van der Waals surface area (Å²) in [6.45, 7) is -0.493. The smallest absolute Gasteiger partial charge is 0.299 e. The minimum atomic E-state index is -1.21. The summed E-state index contributed by atoms with van der Waals surface area (Å²) in [7, 11) is 6.04. The fourth-order valence-electron chi connectivity index (χ4n) is 5.27. The number of amides is 3. The molecule has 0 aliphatic carbocycles. The molecule has 0 aromatic heterocycles. The number of methoxy groups -OCH3 is 4. The first-order chi connectivity index (χ1) is 22.3. The molecular weight excluding hydrogens is 590 g/mol. The first-order valence-electron chi connectivity index (χ1n) is 14.3. The maximum absolute atomic E-state index is 14.4. The summed E-state index contributed by atoms with van der Waals surface area (Å²) in [5, 5.41) is 2.90. The Labute approximate surface area is 266 Å². The predicted octanol–water partition coefficient (Wildman–Crippen LogP) is 4.66. The van der Waals surface area contributed by atoms with Crippen molar-refractivity contribution in [2.75, 3.05) is 45.2 Å². The second-order valence-electron chi connectivity index (χ2n) is 10.3. The minimum absolute atomic E-state index is 0.0184. The van der Waals surface area contributed by atoms with Crippen LogP contribution in [0.4, 0.5) is 11.4 Å². The van der Waals surface area contributed by atoms with E-state index in [4.69, 9.17) is 18.9 Å². The van der Waals surface area contributed by atoms with E-state index in [9.17, 15) is 19.2 Å². The summed E-state index contributed by atoms with van der Waals surface area (Å²) >= 11 is 0. The number of hydrogen-bond acceptors (Lipinski definition) is 8. The summed E-state index contributed by atoms with van der Waals surface area (Å²) in [4.78, 5) is 57.0. The zero-order valence-corrected chi connectivity index (χ0v) is 25.8. The third-order valence-corrected chi connectivity index (χ3v) is 7.64. The van der Waals surface area contributed by atoms with Gasteiger partial charge >= 0.3 is 0 Å². The molecule has 4 aromatic carbocycles. The molecule has 0 saturated carbocycles. The Morgan fingerprint density at radius 3 is 2.13 bits per heavy atom. The average Bonchev–Trinajstić information content (AvgIpc) is 3.33. The van der Waals surface area contributed by atoms with E-state index in [-0.39, 0.29) is 12.1 Å². The number of rotatable bonds is 12. The number of carbonyl (C=O) groups is 4. The van der Waals surface area contributed by atoms with Gasteiger partial charge in [-0.1, -0.05) is 36.4 Å². The van der Waals surface area contributed by atoms with Crippen LogP contribution >= 0.6 is 0 Å². The zero-order chi connectivity index (χ0) is 32.8. The summed E-state index contributed by atoms with van der Waals surface area (Å²) in [6, 6.07) is 24.1. The Bertz CT molecular complexity index is 1770. The number of anilines is 2. The molecule has 1 aliphatic heterocycles. The number of hydrogen-bond donors (Lipinski definition) is 1. The van der Waals surface area contributed by atoms with Gasteiger partial charge in [-0.2, -0.15) is 0 Å². The molecule has 11 heteroatoms. The van der Waals surface area contributed by atoms with Crippen molar-refractivity contribution in [2.45, 2.75) is 12.6 Å². The van der Waals surface area contributed by atoms with E-state index >= 15 is 0 Å². The Balaban J connectivity index is 1.58. The molecular formula is C35H33N3O8. The van der Waals surface area contributed by atoms with Crippen LogP contribution in [0.15, 0.2) is 91.0 Å². The topological polar surface area (TPSA) is 124 Å². The molecule has 236 valence electrons. The number of carbonyl (C=O) groups excluding carboxylic acids is 4.